The predicted octanol–water partition coefficient (Wildman–Crippen LogP) is 7.75. The van der Waals surface area contributed by atoms with Gasteiger partial charge in [0.25, 0.3) is 5.91 Å². The van der Waals surface area contributed by atoms with Gasteiger partial charge in [0, 0.05) is 12.6 Å². The Hall–Kier alpha value is -2.05. The second-order valence-corrected chi connectivity index (χ2v) is 18.3. The molecule has 250 valence electrons. The third-order valence-electron chi connectivity index (χ3n) is 15.4. The van der Waals surface area contributed by atoms with E-state index in [1.807, 2.05) is 6.07 Å². The van der Waals surface area contributed by atoms with Gasteiger partial charge >= 0.3 is 0 Å². The van der Waals surface area contributed by atoms with Crippen LogP contribution in [0, 0.1) is 50.7 Å². The molecule has 5 saturated carbocycles. The van der Waals surface area contributed by atoms with Gasteiger partial charge in [-0.05, 0) is 133 Å². The Labute approximate surface area is 279 Å². The number of Topliss-reactive ketones (excluding diaryl/α,β-unsaturated/α-hetero) is 2. The van der Waals surface area contributed by atoms with Crippen molar-refractivity contribution < 1.29 is 19.5 Å². The molecule has 6 aliphatic carbocycles. The highest BCUT2D eigenvalue weighted by molar-refractivity contribution is 6.40. The molecule has 1 amide bonds. The van der Waals surface area contributed by atoms with Gasteiger partial charge in [-0.2, -0.15) is 0 Å². The number of carbonyl (C=O) groups excluding carboxylic acids is 3. The van der Waals surface area contributed by atoms with Crippen molar-refractivity contribution in [3.8, 4) is 0 Å². The topological polar surface area (TPSA) is 96.4 Å². The van der Waals surface area contributed by atoms with Crippen LogP contribution in [0.1, 0.15) is 125 Å². The Morgan fingerprint density at radius 3 is 2.26 bits per heavy atom. The van der Waals surface area contributed by atoms with E-state index in [0.29, 0.717) is 23.3 Å². The predicted molar refractivity (Wildman–Crippen MR) is 179 cm³/mol. The lowest BCUT2D eigenvalue weighted by atomic mass is 9.33. The molecule has 6 aliphatic rings. The van der Waals surface area contributed by atoms with Crippen molar-refractivity contribution in [2.24, 2.45) is 50.7 Å². The molecule has 1 aromatic rings. The summed E-state index contributed by atoms with van der Waals surface area (Å²) in [5.74, 6) is 0.123. The second-order valence-electron chi connectivity index (χ2n) is 17.9. The van der Waals surface area contributed by atoms with E-state index in [-0.39, 0.29) is 51.8 Å². The van der Waals surface area contributed by atoms with Crippen LogP contribution in [0.3, 0.4) is 0 Å². The Kier molecular flexibility index (Phi) is 7.23. The smallest absolute Gasteiger partial charge is 0.289 e. The first kappa shape index (κ1) is 32.5. The van der Waals surface area contributed by atoms with Gasteiger partial charge in [-0.25, -0.2) is 0 Å². The Balaban J connectivity index is 1.25. The SMILES string of the molecule is CC(C)C1=C2[C@H]3CC[C@@H]4[C@@]5(C)CC[C@H](O)C(C)(C)C5CC[C@@]4(C)[C@]3(C)CC[C@@]2(C(=O)C(=O)NC2(c3ccc(Cl)cn3)CC2)CC1=O. The standard InChI is InChI=1S/C39H53ClN2O4/c1-22(2)30-25(43)20-38(32(45)33(46)42-39(18-19-39)28-11-8-23(40)21-41-28)17-16-36(6)24(31(30)38)9-10-27-35(5)14-13-29(44)34(3,4)26(35)12-15-37(27,36)7/h8,11,21-22,24,26-27,29,44H,9-10,12-20H2,1-7H3,(H,42,46)/t24-,26?,27-,29+,35+,36-,37-,38-/m1/s1. The number of amides is 1. The summed E-state index contributed by atoms with van der Waals surface area (Å²) in [7, 11) is 0. The van der Waals surface area contributed by atoms with Gasteiger partial charge in [0.2, 0.25) is 5.78 Å². The van der Waals surface area contributed by atoms with Crippen LogP contribution in [-0.4, -0.2) is 33.7 Å². The third kappa shape index (κ3) is 4.17. The highest BCUT2D eigenvalue weighted by Crippen LogP contribution is 2.76. The van der Waals surface area contributed by atoms with E-state index < -0.39 is 22.6 Å². The minimum Gasteiger partial charge on any atom is -0.393 e. The average Bonchev–Trinajstić information content (AvgIpc) is 3.69. The van der Waals surface area contributed by atoms with E-state index in [1.165, 1.54) is 0 Å². The summed E-state index contributed by atoms with van der Waals surface area (Å²) in [5.41, 5.74) is 0.833. The van der Waals surface area contributed by atoms with Crippen LogP contribution in [0.2, 0.25) is 5.02 Å². The maximum absolute atomic E-state index is 14.6. The zero-order valence-electron chi connectivity index (χ0n) is 28.9. The molecule has 0 aromatic carbocycles. The van der Waals surface area contributed by atoms with E-state index >= 15 is 0 Å². The molecule has 0 saturated heterocycles. The highest BCUT2D eigenvalue weighted by Gasteiger charge is 2.71. The number of nitrogens with one attached hydrogen (secondary N) is 1. The van der Waals surface area contributed by atoms with Crippen LogP contribution in [-0.2, 0) is 19.9 Å². The van der Waals surface area contributed by atoms with Gasteiger partial charge in [-0.3, -0.25) is 19.4 Å². The van der Waals surface area contributed by atoms with Crippen molar-refractivity contribution in [2.75, 3.05) is 0 Å². The fraction of sp³-hybridized carbons (Fsp3) is 0.744. The summed E-state index contributed by atoms with van der Waals surface area (Å²) < 4.78 is 0. The van der Waals surface area contributed by atoms with Crippen LogP contribution in [0.15, 0.2) is 29.5 Å². The van der Waals surface area contributed by atoms with Crippen LogP contribution < -0.4 is 5.32 Å². The number of aromatic nitrogens is 1. The van der Waals surface area contributed by atoms with E-state index in [1.54, 1.807) is 12.3 Å². The fourth-order valence-corrected chi connectivity index (χ4v) is 12.7. The van der Waals surface area contributed by atoms with Crippen molar-refractivity contribution in [3.63, 3.8) is 0 Å². The number of fused-ring (bicyclic) bond motifs is 7. The zero-order valence-corrected chi connectivity index (χ0v) is 29.7. The summed E-state index contributed by atoms with van der Waals surface area (Å²) in [4.78, 5) is 47.1. The second kappa shape index (κ2) is 10.2. The van der Waals surface area contributed by atoms with E-state index in [9.17, 15) is 19.5 Å². The van der Waals surface area contributed by atoms with Crippen LogP contribution in [0.5, 0.6) is 0 Å². The largest absolute Gasteiger partial charge is 0.393 e. The molecule has 0 radical (unpaired) electrons. The van der Waals surface area contributed by atoms with Gasteiger partial charge in [0.05, 0.1) is 27.8 Å². The minimum absolute atomic E-state index is 0.00459. The summed E-state index contributed by atoms with van der Waals surface area (Å²) in [6.45, 7) is 16.2. The molecule has 46 heavy (non-hydrogen) atoms. The van der Waals surface area contributed by atoms with Crippen molar-refractivity contribution in [2.45, 2.75) is 131 Å². The monoisotopic (exact) mass is 648 g/mol. The molecular weight excluding hydrogens is 596 g/mol. The maximum Gasteiger partial charge on any atom is 0.289 e. The number of rotatable bonds is 5. The molecule has 7 rings (SSSR count). The molecule has 5 fully saturated rings. The number of hydrogen-bond donors (Lipinski definition) is 2. The molecule has 1 heterocycles. The molecule has 7 heteroatoms. The lowest BCUT2D eigenvalue weighted by Gasteiger charge is -2.72. The van der Waals surface area contributed by atoms with Crippen LogP contribution in [0.25, 0.3) is 0 Å². The number of allylic oxidation sites excluding steroid dienone is 2. The molecule has 8 atom stereocenters. The number of ketones is 2. The van der Waals surface area contributed by atoms with Crippen molar-refractivity contribution in [1.82, 2.24) is 10.3 Å². The van der Waals surface area contributed by atoms with Crippen LogP contribution >= 0.6 is 11.6 Å². The number of halogens is 1. The highest BCUT2D eigenvalue weighted by atomic mass is 35.5. The Bertz CT molecular complexity index is 1530. The maximum atomic E-state index is 14.6. The zero-order chi connectivity index (χ0) is 33.2. The quantitative estimate of drug-likeness (QED) is 0.318. The first-order chi connectivity index (χ1) is 21.5. The Morgan fingerprint density at radius 2 is 1.63 bits per heavy atom. The molecule has 0 aliphatic heterocycles. The van der Waals surface area contributed by atoms with Gasteiger partial charge in [-0.15, -0.1) is 0 Å². The average molecular weight is 649 g/mol. The number of nitrogens with zero attached hydrogens (tertiary/aromatic N) is 1. The minimum atomic E-state index is -1.06. The number of carbonyl (C=O) groups is 3. The van der Waals surface area contributed by atoms with Gasteiger partial charge in [-0.1, -0.05) is 60.1 Å². The molecule has 6 nitrogen and oxygen atoms in total. The lowest BCUT2D eigenvalue weighted by molar-refractivity contribution is -0.228. The third-order valence-corrected chi connectivity index (χ3v) is 15.6. The van der Waals surface area contributed by atoms with Crippen molar-refractivity contribution >= 4 is 29.1 Å². The van der Waals surface area contributed by atoms with Crippen molar-refractivity contribution in [3.05, 3.63) is 40.2 Å². The molecule has 0 bridgehead atoms. The summed E-state index contributed by atoms with van der Waals surface area (Å²) in [6.07, 6.45) is 10.4. The molecule has 0 spiro atoms. The molecule has 1 unspecified atom stereocenters. The Morgan fingerprint density at radius 1 is 0.913 bits per heavy atom. The summed E-state index contributed by atoms with van der Waals surface area (Å²) in [5, 5.41) is 14.7. The summed E-state index contributed by atoms with van der Waals surface area (Å²) in [6, 6.07) is 3.60. The lowest BCUT2D eigenvalue weighted by Crippen LogP contribution is -2.66. The molecule has 1 aromatic heterocycles. The van der Waals surface area contributed by atoms with Crippen LogP contribution in [0.4, 0.5) is 0 Å². The fourth-order valence-electron chi connectivity index (χ4n) is 12.6. The molecular formula is C39H53ClN2O4. The number of hydrogen-bond acceptors (Lipinski definition) is 5. The van der Waals surface area contributed by atoms with Crippen molar-refractivity contribution in [1.29, 1.82) is 0 Å². The van der Waals surface area contributed by atoms with Gasteiger partial charge in [0.1, 0.15) is 0 Å². The first-order valence-electron chi connectivity index (χ1n) is 17.9. The van der Waals surface area contributed by atoms with E-state index in [2.05, 4.69) is 58.8 Å². The number of aliphatic hydroxyl groups excluding tert-OH is 1. The first-order valence-corrected chi connectivity index (χ1v) is 18.3. The molecule has 2 N–H and O–H groups in total. The van der Waals surface area contributed by atoms with Gasteiger partial charge < -0.3 is 10.4 Å². The van der Waals surface area contributed by atoms with E-state index in [0.717, 1.165) is 74.6 Å². The summed E-state index contributed by atoms with van der Waals surface area (Å²) >= 11 is 6.08. The van der Waals surface area contributed by atoms with E-state index in [4.69, 9.17) is 11.6 Å². The number of pyridine rings is 1. The number of aliphatic hydroxyl groups is 1. The normalized spacial score (nSPS) is 42.1. The van der Waals surface area contributed by atoms with Gasteiger partial charge in [0.15, 0.2) is 5.78 Å².